The molecule has 0 spiro atoms. The molecule has 3 nitrogen and oxygen atoms in total. The van der Waals surface area contributed by atoms with Crippen molar-refractivity contribution < 1.29 is 9.53 Å². The van der Waals surface area contributed by atoms with Crippen molar-refractivity contribution in [2.24, 2.45) is 5.41 Å². The van der Waals surface area contributed by atoms with Gasteiger partial charge in [0.2, 0.25) is 0 Å². The van der Waals surface area contributed by atoms with Gasteiger partial charge in [0.05, 0.1) is 5.41 Å². The summed E-state index contributed by atoms with van der Waals surface area (Å²) in [4.78, 5) is 15.2. The Morgan fingerprint density at radius 3 is 2.48 bits per heavy atom. The summed E-state index contributed by atoms with van der Waals surface area (Å²) in [5, 5.41) is 3.83. The summed E-state index contributed by atoms with van der Waals surface area (Å²) in [6.45, 7) is 11.0. The molecule has 1 aromatic heterocycles. The van der Waals surface area contributed by atoms with Crippen molar-refractivity contribution in [3.05, 3.63) is 16.8 Å². The predicted octanol–water partition coefficient (Wildman–Crippen LogP) is 4.33. The van der Waals surface area contributed by atoms with Crippen LogP contribution in [0.4, 0.5) is 0 Å². The van der Waals surface area contributed by atoms with E-state index in [4.69, 9.17) is 4.74 Å². The Morgan fingerprint density at radius 2 is 2.10 bits per heavy atom. The molecule has 0 amide bonds. The topological polar surface area (TPSA) is 29.5 Å². The van der Waals surface area contributed by atoms with Gasteiger partial charge in [0.1, 0.15) is 5.75 Å². The number of esters is 1. The van der Waals surface area contributed by atoms with E-state index in [1.165, 1.54) is 0 Å². The fraction of sp³-hybridized carbons (Fsp3) is 0.706. The molecule has 0 bridgehead atoms. The predicted molar refractivity (Wildman–Crippen MR) is 87.8 cm³/mol. The summed E-state index contributed by atoms with van der Waals surface area (Å²) in [6.07, 6.45) is 2.87. The average molecular weight is 309 g/mol. The number of rotatable bonds is 6. The third-order valence-electron chi connectivity index (χ3n) is 4.80. The molecule has 1 fully saturated rings. The first-order chi connectivity index (χ1) is 9.92. The molecule has 0 aliphatic heterocycles. The summed E-state index contributed by atoms with van der Waals surface area (Å²) in [6, 6.07) is 3.04. The standard InChI is InChI=1S/C17H27NO2S/c1-6-17(16(19)20-14-8-10-21-11-14)9-7-15(17)18(12(2)3)13(4)5/h8,10-13,15H,6-7,9H2,1-5H3. The van der Waals surface area contributed by atoms with Crippen molar-refractivity contribution in [2.45, 2.75) is 72.0 Å². The molecule has 2 rings (SSSR count). The summed E-state index contributed by atoms with van der Waals surface area (Å²) in [5.41, 5.74) is -0.337. The zero-order valence-electron chi connectivity index (χ0n) is 13.8. The van der Waals surface area contributed by atoms with E-state index in [0.29, 0.717) is 23.9 Å². The van der Waals surface area contributed by atoms with Gasteiger partial charge in [-0.05, 0) is 58.4 Å². The van der Waals surface area contributed by atoms with Crippen LogP contribution in [0.3, 0.4) is 0 Å². The minimum absolute atomic E-state index is 0.0500. The Morgan fingerprint density at radius 1 is 1.43 bits per heavy atom. The van der Waals surface area contributed by atoms with E-state index in [0.717, 1.165) is 19.3 Å². The second kappa shape index (κ2) is 6.49. The SMILES string of the molecule is CCC1(C(=O)Oc2ccsc2)CCC1N(C(C)C)C(C)C. The van der Waals surface area contributed by atoms with Crippen molar-refractivity contribution in [2.75, 3.05) is 0 Å². The van der Waals surface area contributed by atoms with Crippen molar-refractivity contribution in [1.82, 2.24) is 4.90 Å². The number of hydrogen-bond acceptors (Lipinski definition) is 4. The first kappa shape index (κ1) is 16.5. The Balaban J connectivity index is 2.18. The van der Waals surface area contributed by atoms with Crippen LogP contribution in [-0.4, -0.2) is 29.0 Å². The lowest BCUT2D eigenvalue weighted by atomic mass is 9.61. The molecule has 0 N–H and O–H groups in total. The van der Waals surface area contributed by atoms with Gasteiger partial charge in [-0.1, -0.05) is 6.92 Å². The highest BCUT2D eigenvalue weighted by atomic mass is 32.1. The van der Waals surface area contributed by atoms with Gasteiger partial charge in [-0.2, -0.15) is 0 Å². The number of hydrogen-bond donors (Lipinski definition) is 0. The monoisotopic (exact) mass is 309 g/mol. The summed E-state index contributed by atoms with van der Waals surface area (Å²) in [7, 11) is 0. The third kappa shape index (κ3) is 3.02. The minimum Gasteiger partial charge on any atom is -0.425 e. The van der Waals surface area contributed by atoms with Crippen LogP contribution in [0.5, 0.6) is 5.75 Å². The zero-order valence-corrected chi connectivity index (χ0v) is 14.6. The molecule has 118 valence electrons. The third-order valence-corrected chi connectivity index (χ3v) is 5.46. The van der Waals surface area contributed by atoms with Gasteiger partial charge < -0.3 is 4.74 Å². The van der Waals surface area contributed by atoms with E-state index < -0.39 is 0 Å². The van der Waals surface area contributed by atoms with Crippen molar-refractivity contribution >= 4 is 17.3 Å². The van der Waals surface area contributed by atoms with Gasteiger partial charge in [0.25, 0.3) is 0 Å². The van der Waals surface area contributed by atoms with Crippen LogP contribution >= 0.6 is 11.3 Å². The van der Waals surface area contributed by atoms with E-state index in [1.54, 1.807) is 11.3 Å². The lowest BCUT2D eigenvalue weighted by Gasteiger charge is -2.54. The summed E-state index contributed by atoms with van der Waals surface area (Å²) in [5.74, 6) is 0.634. The second-order valence-corrected chi connectivity index (χ2v) is 7.33. The maximum atomic E-state index is 12.8. The molecule has 2 unspecified atom stereocenters. The summed E-state index contributed by atoms with van der Waals surface area (Å²) < 4.78 is 5.64. The Hall–Kier alpha value is -0.870. The number of ether oxygens (including phenoxy) is 1. The van der Waals surface area contributed by atoms with Crippen LogP contribution in [0.25, 0.3) is 0 Å². The second-order valence-electron chi connectivity index (χ2n) is 6.55. The molecule has 0 saturated heterocycles. The fourth-order valence-electron chi connectivity index (χ4n) is 3.69. The van der Waals surface area contributed by atoms with Crippen LogP contribution < -0.4 is 4.74 Å². The van der Waals surface area contributed by atoms with E-state index in [1.807, 2.05) is 16.8 Å². The Labute approximate surface area is 132 Å². The van der Waals surface area contributed by atoms with Crippen LogP contribution in [-0.2, 0) is 4.79 Å². The average Bonchev–Trinajstić information content (AvgIpc) is 2.87. The Bertz CT molecular complexity index is 457. The van der Waals surface area contributed by atoms with Crippen molar-refractivity contribution in [1.29, 1.82) is 0 Å². The minimum atomic E-state index is -0.337. The Kier molecular flexibility index (Phi) is 5.10. The molecule has 0 radical (unpaired) electrons. The van der Waals surface area contributed by atoms with Gasteiger partial charge in [-0.25, -0.2) is 0 Å². The molecule has 2 atom stereocenters. The van der Waals surface area contributed by atoms with Gasteiger partial charge in [0.15, 0.2) is 0 Å². The van der Waals surface area contributed by atoms with Crippen molar-refractivity contribution in [3.63, 3.8) is 0 Å². The smallest absolute Gasteiger partial charge is 0.319 e. The number of carbonyl (C=O) groups excluding carboxylic acids is 1. The van der Waals surface area contributed by atoms with E-state index in [-0.39, 0.29) is 11.4 Å². The van der Waals surface area contributed by atoms with E-state index in [9.17, 15) is 4.79 Å². The van der Waals surface area contributed by atoms with E-state index in [2.05, 4.69) is 39.5 Å². The maximum Gasteiger partial charge on any atom is 0.319 e. The number of thiophene rings is 1. The lowest BCUT2D eigenvalue weighted by Crippen LogP contribution is -2.63. The molecule has 1 aliphatic rings. The molecular weight excluding hydrogens is 282 g/mol. The van der Waals surface area contributed by atoms with Gasteiger partial charge in [0, 0.05) is 23.5 Å². The highest BCUT2D eigenvalue weighted by molar-refractivity contribution is 7.08. The van der Waals surface area contributed by atoms with Gasteiger partial charge in [-0.3, -0.25) is 9.69 Å². The van der Waals surface area contributed by atoms with Crippen molar-refractivity contribution in [3.8, 4) is 5.75 Å². The molecular formula is C17H27NO2S. The molecule has 4 heteroatoms. The van der Waals surface area contributed by atoms with Crippen LogP contribution in [0.15, 0.2) is 16.8 Å². The fourth-order valence-corrected chi connectivity index (χ4v) is 4.24. The van der Waals surface area contributed by atoms with Crippen LogP contribution in [0, 0.1) is 5.41 Å². The largest absolute Gasteiger partial charge is 0.425 e. The highest BCUT2D eigenvalue weighted by Gasteiger charge is 2.55. The quantitative estimate of drug-likeness (QED) is 0.732. The highest BCUT2D eigenvalue weighted by Crippen LogP contribution is 2.49. The molecule has 0 aromatic carbocycles. The zero-order chi connectivity index (χ0) is 15.6. The molecule has 1 aliphatic carbocycles. The number of carbonyl (C=O) groups is 1. The lowest BCUT2D eigenvalue weighted by molar-refractivity contribution is -0.164. The normalized spacial score (nSPS) is 25.4. The maximum absolute atomic E-state index is 12.8. The molecule has 1 aromatic rings. The van der Waals surface area contributed by atoms with Crippen LogP contribution in [0.2, 0.25) is 0 Å². The van der Waals surface area contributed by atoms with Gasteiger partial charge in [-0.15, -0.1) is 11.3 Å². The van der Waals surface area contributed by atoms with Crippen LogP contribution in [0.1, 0.15) is 53.9 Å². The first-order valence-corrected chi connectivity index (χ1v) is 8.88. The van der Waals surface area contributed by atoms with E-state index >= 15 is 0 Å². The number of nitrogens with zero attached hydrogens (tertiary/aromatic N) is 1. The molecule has 21 heavy (non-hydrogen) atoms. The molecule has 1 saturated carbocycles. The van der Waals surface area contributed by atoms with Gasteiger partial charge >= 0.3 is 5.97 Å². The molecule has 1 heterocycles. The first-order valence-electron chi connectivity index (χ1n) is 7.94. The summed E-state index contributed by atoms with van der Waals surface area (Å²) >= 11 is 1.55.